The molecule has 1 nitrogen and oxygen atoms in total. The Hall–Kier alpha value is -1.71. The van der Waals surface area contributed by atoms with Crippen LogP contribution < -0.4 is 0 Å². The van der Waals surface area contributed by atoms with Crippen LogP contribution >= 0.6 is 11.3 Å². The van der Waals surface area contributed by atoms with E-state index < -0.39 is 6.10 Å². The molecule has 3 rings (SSSR count). The summed E-state index contributed by atoms with van der Waals surface area (Å²) < 4.78 is 14.0. The van der Waals surface area contributed by atoms with E-state index in [0.717, 1.165) is 20.5 Å². The van der Waals surface area contributed by atoms with Crippen molar-refractivity contribution in [1.82, 2.24) is 0 Å². The van der Waals surface area contributed by atoms with Crippen molar-refractivity contribution in [3.63, 3.8) is 0 Å². The normalized spacial score (nSPS) is 12.8. The van der Waals surface area contributed by atoms with Crippen LogP contribution in [-0.2, 0) is 0 Å². The molecule has 1 atom stereocenters. The van der Waals surface area contributed by atoms with Crippen molar-refractivity contribution in [1.29, 1.82) is 0 Å². The molecule has 0 saturated carbocycles. The Balaban J connectivity index is 2.04. The van der Waals surface area contributed by atoms with E-state index in [1.807, 2.05) is 36.4 Å². The summed E-state index contributed by atoms with van der Waals surface area (Å²) in [6.45, 7) is 0. The van der Waals surface area contributed by atoms with Crippen molar-refractivity contribution in [2.24, 2.45) is 0 Å². The second kappa shape index (κ2) is 4.52. The van der Waals surface area contributed by atoms with Crippen LogP contribution in [0.15, 0.2) is 54.6 Å². The van der Waals surface area contributed by atoms with Gasteiger partial charge in [-0.2, -0.15) is 0 Å². The molecule has 0 aliphatic rings. The lowest BCUT2D eigenvalue weighted by Gasteiger charge is -2.07. The minimum absolute atomic E-state index is 0.245. The zero-order chi connectivity index (χ0) is 12.5. The summed E-state index contributed by atoms with van der Waals surface area (Å²) >= 11 is 1.42. The highest BCUT2D eigenvalue weighted by Gasteiger charge is 2.13. The largest absolute Gasteiger partial charge is 0.383 e. The zero-order valence-corrected chi connectivity index (χ0v) is 10.3. The average Bonchev–Trinajstić information content (AvgIpc) is 2.81. The third kappa shape index (κ3) is 2.03. The van der Waals surface area contributed by atoms with E-state index in [1.54, 1.807) is 6.07 Å². The molecular weight excluding hydrogens is 247 g/mol. The molecule has 2 aromatic carbocycles. The van der Waals surface area contributed by atoms with E-state index in [2.05, 4.69) is 0 Å². The van der Waals surface area contributed by atoms with Crippen LogP contribution in [0.4, 0.5) is 4.39 Å². The summed E-state index contributed by atoms with van der Waals surface area (Å²) in [7, 11) is 0. The second-order valence-electron chi connectivity index (χ2n) is 4.14. The maximum Gasteiger partial charge on any atom is 0.124 e. The fourth-order valence-electron chi connectivity index (χ4n) is 1.96. The molecule has 0 fully saturated rings. The second-order valence-corrected chi connectivity index (χ2v) is 5.26. The Kier molecular flexibility index (Phi) is 2.86. The fourth-order valence-corrected chi connectivity index (χ4v) is 3.06. The van der Waals surface area contributed by atoms with Crippen LogP contribution in [0.25, 0.3) is 10.1 Å². The number of fused-ring (bicyclic) bond motifs is 1. The molecule has 0 bridgehead atoms. The van der Waals surface area contributed by atoms with Gasteiger partial charge in [0, 0.05) is 9.58 Å². The Labute approximate surface area is 108 Å². The maximum absolute atomic E-state index is 13.1. The molecule has 0 saturated heterocycles. The number of aliphatic hydroxyl groups excluding tert-OH is 1. The summed E-state index contributed by atoms with van der Waals surface area (Å²) in [5, 5.41) is 11.2. The Morgan fingerprint density at radius 3 is 2.56 bits per heavy atom. The van der Waals surface area contributed by atoms with E-state index in [0.29, 0.717) is 0 Å². The van der Waals surface area contributed by atoms with Crippen molar-refractivity contribution in [2.45, 2.75) is 6.10 Å². The molecule has 1 heterocycles. The van der Waals surface area contributed by atoms with E-state index >= 15 is 0 Å². The SMILES string of the molecule is OC(c1ccccc1)c1cc2ccc(F)cc2s1. The molecule has 0 spiro atoms. The highest BCUT2D eigenvalue weighted by molar-refractivity contribution is 7.19. The monoisotopic (exact) mass is 258 g/mol. The maximum atomic E-state index is 13.1. The van der Waals surface area contributed by atoms with Crippen LogP contribution in [0, 0.1) is 5.82 Å². The summed E-state index contributed by atoms with van der Waals surface area (Å²) in [4.78, 5) is 0.835. The van der Waals surface area contributed by atoms with Crippen molar-refractivity contribution in [3.05, 3.63) is 70.9 Å². The Morgan fingerprint density at radius 2 is 1.78 bits per heavy atom. The molecule has 1 aromatic heterocycles. The van der Waals surface area contributed by atoms with E-state index in [4.69, 9.17) is 0 Å². The topological polar surface area (TPSA) is 20.2 Å². The van der Waals surface area contributed by atoms with E-state index in [1.165, 1.54) is 23.5 Å². The van der Waals surface area contributed by atoms with Gasteiger partial charge in [0.15, 0.2) is 0 Å². The van der Waals surface area contributed by atoms with Crippen LogP contribution in [0.3, 0.4) is 0 Å². The molecule has 1 N–H and O–H groups in total. The first-order valence-corrected chi connectivity index (χ1v) is 6.48. The molecule has 0 amide bonds. The molecule has 1 unspecified atom stereocenters. The van der Waals surface area contributed by atoms with Gasteiger partial charge in [-0.15, -0.1) is 11.3 Å². The average molecular weight is 258 g/mol. The van der Waals surface area contributed by atoms with Gasteiger partial charge in [0.05, 0.1) is 0 Å². The number of aliphatic hydroxyl groups is 1. The van der Waals surface area contributed by atoms with Gasteiger partial charge in [-0.3, -0.25) is 0 Å². The van der Waals surface area contributed by atoms with Crippen LogP contribution in [-0.4, -0.2) is 5.11 Å². The molecule has 90 valence electrons. The number of rotatable bonds is 2. The summed E-state index contributed by atoms with van der Waals surface area (Å²) in [6.07, 6.45) is -0.647. The highest BCUT2D eigenvalue weighted by atomic mass is 32.1. The molecule has 3 aromatic rings. The molecular formula is C15H11FOS. The molecule has 0 radical (unpaired) electrons. The van der Waals surface area contributed by atoms with Crippen molar-refractivity contribution < 1.29 is 9.50 Å². The quantitative estimate of drug-likeness (QED) is 0.733. The lowest BCUT2D eigenvalue weighted by atomic mass is 10.1. The predicted octanol–water partition coefficient (Wildman–Crippen LogP) is 4.12. The molecule has 0 aliphatic carbocycles. The third-order valence-electron chi connectivity index (χ3n) is 2.89. The van der Waals surface area contributed by atoms with Gasteiger partial charge in [-0.1, -0.05) is 36.4 Å². The Bertz CT molecular complexity index is 675. The minimum atomic E-state index is -0.647. The van der Waals surface area contributed by atoms with Gasteiger partial charge in [0.1, 0.15) is 11.9 Å². The zero-order valence-electron chi connectivity index (χ0n) is 9.51. The van der Waals surface area contributed by atoms with E-state index in [-0.39, 0.29) is 5.82 Å². The van der Waals surface area contributed by atoms with E-state index in [9.17, 15) is 9.50 Å². The van der Waals surface area contributed by atoms with Crippen molar-refractivity contribution in [3.8, 4) is 0 Å². The lowest BCUT2D eigenvalue weighted by Crippen LogP contribution is -1.95. The molecule has 3 heteroatoms. The standard InChI is InChI=1S/C15H11FOS/c16-12-7-6-11-8-14(18-13(11)9-12)15(17)10-4-2-1-3-5-10/h1-9,15,17H. The van der Waals surface area contributed by atoms with Gasteiger partial charge in [-0.05, 0) is 29.1 Å². The van der Waals surface area contributed by atoms with Gasteiger partial charge < -0.3 is 5.11 Å². The summed E-state index contributed by atoms with van der Waals surface area (Å²) in [5.74, 6) is -0.245. The molecule has 0 aliphatic heterocycles. The van der Waals surface area contributed by atoms with Crippen LogP contribution in [0.5, 0.6) is 0 Å². The third-order valence-corrected chi connectivity index (χ3v) is 4.04. The number of halogens is 1. The van der Waals surface area contributed by atoms with Crippen molar-refractivity contribution in [2.75, 3.05) is 0 Å². The minimum Gasteiger partial charge on any atom is -0.383 e. The first-order chi connectivity index (χ1) is 8.74. The number of benzene rings is 2. The Morgan fingerprint density at radius 1 is 1.00 bits per heavy atom. The summed E-state index contributed by atoms with van der Waals surface area (Å²) in [6, 6.07) is 16.1. The van der Waals surface area contributed by atoms with Gasteiger partial charge in [0.2, 0.25) is 0 Å². The molecule has 18 heavy (non-hydrogen) atoms. The number of hydrogen-bond donors (Lipinski definition) is 1. The highest BCUT2D eigenvalue weighted by Crippen LogP contribution is 2.33. The van der Waals surface area contributed by atoms with Gasteiger partial charge in [0.25, 0.3) is 0 Å². The smallest absolute Gasteiger partial charge is 0.124 e. The van der Waals surface area contributed by atoms with Crippen LogP contribution in [0.1, 0.15) is 16.5 Å². The van der Waals surface area contributed by atoms with Crippen LogP contribution in [0.2, 0.25) is 0 Å². The van der Waals surface area contributed by atoms with Gasteiger partial charge in [-0.25, -0.2) is 4.39 Å². The number of hydrogen-bond acceptors (Lipinski definition) is 2. The summed E-state index contributed by atoms with van der Waals surface area (Å²) in [5.41, 5.74) is 0.851. The van der Waals surface area contributed by atoms with Gasteiger partial charge >= 0.3 is 0 Å². The number of thiophene rings is 1. The predicted molar refractivity (Wildman–Crippen MR) is 72.3 cm³/mol. The lowest BCUT2D eigenvalue weighted by molar-refractivity contribution is 0.224. The first-order valence-electron chi connectivity index (χ1n) is 5.66. The van der Waals surface area contributed by atoms with Crippen molar-refractivity contribution >= 4 is 21.4 Å². The first kappa shape index (κ1) is 11.4. The fraction of sp³-hybridized carbons (Fsp3) is 0.0667.